The molecule has 0 aliphatic carbocycles. The molecule has 1 aromatic carbocycles. The molecule has 1 aromatic rings. The van der Waals surface area contributed by atoms with E-state index in [0.717, 1.165) is 35.5 Å². The molecule has 1 saturated heterocycles. The Hall–Kier alpha value is -0.740. The van der Waals surface area contributed by atoms with Crippen LogP contribution < -0.4 is 14.8 Å². The summed E-state index contributed by atoms with van der Waals surface area (Å²) >= 11 is 3.41. The van der Waals surface area contributed by atoms with E-state index in [1.807, 2.05) is 18.2 Å². The first-order chi connectivity index (χ1) is 6.77. The fraction of sp³-hybridized carbons (Fsp3) is 0.400. The summed E-state index contributed by atoms with van der Waals surface area (Å²) in [6.07, 6.45) is 0.902. The minimum absolute atomic E-state index is 0.441. The van der Waals surface area contributed by atoms with Crippen LogP contribution in [0.5, 0.6) is 11.5 Å². The van der Waals surface area contributed by atoms with Crippen molar-refractivity contribution in [1.82, 2.24) is 5.32 Å². The van der Waals surface area contributed by atoms with E-state index < -0.39 is 5.79 Å². The average Bonchev–Trinajstić information content (AvgIpc) is 2.72. The van der Waals surface area contributed by atoms with Crippen molar-refractivity contribution in [1.29, 1.82) is 0 Å². The van der Waals surface area contributed by atoms with E-state index in [-0.39, 0.29) is 0 Å². The maximum atomic E-state index is 5.82. The molecular weight excluding hydrogens is 246 g/mol. The summed E-state index contributed by atoms with van der Waals surface area (Å²) in [6, 6.07) is 5.85. The molecule has 0 saturated carbocycles. The van der Waals surface area contributed by atoms with Gasteiger partial charge in [0.25, 0.3) is 5.79 Å². The summed E-state index contributed by atoms with van der Waals surface area (Å²) in [4.78, 5) is 0. The lowest BCUT2D eigenvalue weighted by molar-refractivity contribution is -0.0593. The maximum absolute atomic E-state index is 5.82. The van der Waals surface area contributed by atoms with Gasteiger partial charge in [-0.25, -0.2) is 0 Å². The van der Waals surface area contributed by atoms with Crippen LogP contribution in [0.3, 0.4) is 0 Å². The third kappa shape index (κ3) is 1.21. The smallest absolute Gasteiger partial charge is 0.265 e. The van der Waals surface area contributed by atoms with Crippen LogP contribution in [0.1, 0.15) is 6.42 Å². The molecule has 1 unspecified atom stereocenters. The van der Waals surface area contributed by atoms with Gasteiger partial charge in [0.1, 0.15) is 0 Å². The molecule has 1 fully saturated rings. The van der Waals surface area contributed by atoms with Crippen molar-refractivity contribution in [2.45, 2.75) is 12.2 Å². The summed E-state index contributed by atoms with van der Waals surface area (Å²) in [5.74, 6) is 1.24. The van der Waals surface area contributed by atoms with E-state index in [1.165, 1.54) is 0 Å². The molecule has 3 rings (SSSR count). The van der Waals surface area contributed by atoms with Gasteiger partial charge < -0.3 is 14.8 Å². The van der Waals surface area contributed by atoms with Crippen LogP contribution >= 0.6 is 15.9 Å². The Morgan fingerprint density at radius 1 is 1.29 bits per heavy atom. The molecule has 74 valence electrons. The number of nitrogens with one attached hydrogen (secondary N) is 1. The Bertz CT molecular complexity index is 374. The van der Waals surface area contributed by atoms with Crippen LogP contribution in [0.15, 0.2) is 22.7 Å². The number of benzene rings is 1. The highest BCUT2D eigenvalue weighted by Crippen LogP contribution is 2.42. The number of fused-ring (bicyclic) bond motifs is 1. The van der Waals surface area contributed by atoms with E-state index in [1.54, 1.807) is 0 Å². The Morgan fingerprint density at radius 3 is 2.93 bits per heavy atom. The highest BCUT2D eigenvalue weighted by atomic mass is 79.9. The van der Waals surface area contributed by atoms with Gasteiger partial charge in [-0.1, -0.05) is 15.9 Å². The lowest BCUT2D eigenvalue weighted by atomic mass is 10.2. The average molecular weight is 256 g/mol. The lowest BCUT2D eigenvalue weighted by Gasteiger charge is -2.20. The molecule has 1 spiro atoms. The Balaban J connectivity index is 1.96. The number of ether oxygens (including phenoxy) is 2. The highest BCUT2D eigenvalue weighted by molar-refractivity contribution is 9.10. The van der Waals surface area contributed by atoms with Gasteiger partial charge in [0.2, 0.25) is 0 Å². The zero-order valence-electron chi connectivity index (χ0n) is 7.55. The monoisotopic (exact) mass is 255 g/mol. The zero-order valence-corrected chi connectivity index (χ0v) is 9.13. The maximum Gasteiger partial charge on any atom is 0.265 e. The summed E-state index contributed by atoms with van der Waals surface area (Å²) in [5, 5.41) is 3.24. The first-order valence-corrected chi connectivity index (χ1v) is 5.45. The molecule has 2 aliphatic heterocycles. The predicted molar refractivity (Wildman–Crippen MR) is 55.6 cm³/mol. The molecule has 0 aromatic heterocycles. The van der Waals surface area contributed by atoms with Gasteiger partial charge in [0, 0.05) is 17.4 Å². The number of hydrogen-bond donors (Lipinski definition) is 1. The molecule has 0 bridgehead atoms. The van der Waals surface area contributed by atoms with Crippen molar-refractivity contribution in [3.63, 3.8) is 0 Å². The van der Waals surface area contributed by atoms with E-state index in [2.05, 4.69) is 21.2 Å². The van der Waals surface area contributed by atoms with Gasteiger partial charge in [0.15, 0.2) is 11.5 Å². The normalized spacial score (nSPS) is 28.6. The minimum atomic E-state index is -0.441. The summed E-state index contributed by atoms with van der Waals surface area (Å²) in [5.41, 5.74) is 0. The third-order valence-corrected chi connectivity index (χ3v) is 3.07. The van der Waals surface area contributed by atoms with Gasteiger partial charge in [-0.05, 0) is 18.2 Å². The van der Waals surface area contributed by atoms with Crippen LogP contribution in [0.2, 0.25) is 0 Å². The van der Waals surface area contributed by atoms with Crippen LogP contribution in [-0.2, 0) is 0 Å². The number of hydrogen-bond acceptors (Lipinski definition) is 3. The zero-order chi connectivity index (χ0) is 9.60. The molecule has 0 amide bonds. The molecule has 1 atom stereocenters. The van der Waals surface area contributed by atoms with Crippen molar-refractivity contribution < 1.29 is 9.47 Å². The standard InChI is InChI=1S/C10H10BrNO2/c11-7-1-2-8-9(5-7)14-10(13-8)3-4-12-6-10/h1-2,5,12H,3-4,6H2. The second-order valence-electron chi connectivity index (χ2n) is 3.63. The molecule has 3 nitrogen and oxygen atoms in total. The minimum Gasteiger partial charge on any atom is -0.447 e. The number of halogens is 1. The van der Waals surface area contributed by atoms with Crippen LogP contribution in [0, 0.1) is 0 Å². The second-order valence-corrected chi connectivity index (χ2v) is 4.55. The van der Waals surface area contributed by atoms with Crippen LogP contribution in [0.4, 0.5) is 0 Å². The first kappa shape index (κ1) is 8.56. The van der Waals surface area contributed by atoms with Crippen LogP contribution in [0.25, 0.3) is 0 Å². The fourth-order valence-electron chi connectivity index (χ4n) is 1.89. The predicted octanol–water partition coefficient (Wildman–Crippen LogP) is 1.91. The van der Waals surface area contributed by atoms with E-state index in [9.17, 15) is 0 Å². The Kier molecular flexibility index (Phi) is 1.76. The van der Waals surface area contributed by atoms with E-state index in [4.69, 9.17) is 9.47 Å². The van der Waals surface area contributed by atoms with Gasteiger partial charge in [-0.2, -0.15) is 0 Å². The molecule has 2 aliphatic rings. The molecule has 14 heavy (non-hydrogen) atoms. The highest BCUT2D eigenvalue weighted by Gasteiger charge is 2.44. The van der Waals surface area contributed by atoms with Gasteiger partial charge in [-0.15, -0.1) is 0 Å². The topological polar surface area (TPSA) is 30.5 Å². The molecule has 4 heteroatoms. The van der Waals surface area contributed by atoms with Crippen molar-refractivity contribution in [2.75, 3.05) is 13.1 Å². The third-order valence-electron chi connectivity index (χ3n) is 2.57. The van der Waals surface area contributed by atoms with Crippen molar-refractivity contribution in [2.24, 2.45) is 0 Å². The summed E-state index contributed by atoms with van der Waals surface area (Å²) in [7, 11) is 0. The van der Waals surface area contributed by atoms with Gasteiger partial charge in [0.05, 0.1) is 6.54 Å². The quantitative estimate of drug-likeness (QED) is 0.769. The lowest BCUT2D eigenvalue weighted by Crippen LogP contribution is -2.40. The second kappa shape index (κ2) is 2.87. The first-order valence-electron chi connectivity index (χ1n) is 4.66. The number of rotatable bonds is 0. The summed E-state index contributed by atoms with van der Waals surface area (Å²) in [6.45, 7) is 1.72. The Morgan fingerprint density at radius 2 is 2.14 bits per heavy atom. The van der Waals surface area contributed by atoms with Crippen molar-refractivity contribution in [3.8, 4) is 11.5 Å². The summed E-state index contributed by atoms with van der Waals surface area (Å²) < 4.78 is 12.6. The van der Waals surface area contributed by atoms with Gasteiger partial charge in [-0.3, -0.25) is 0 Å². The largest absolute Gasteiger partial charge is 0.447 e. The van der Waals surface area contributed by atoms with Crippen molar-refractivity contribution >= 4 is 15.9 Å². The fourth-order valence-corrected chi connectivity index (χ4v) is 2.23. The molecule has 0 radical (unpaired) electrons. The van der Waals surface area contributed by atoms with Crippen molar-refractivity contribution in [3.05, 3.63) is 22.7 Å². The Labute approximate surface area is 90.5 Å². The van der Waals surface area contributed by atoms with E-state index in [0.29, 0.717) is 0 Å². The SMILES string of the molecule is Brc1ccc2c(c1)OC1(CCNC1)O2. The molecular formula is C10H10BrNO2. The molecule has 1 N–H and O–H groups in total. The van der Waals surface area contributed by atoms with Gasteiger partial charge >= 0.3 is 0 Å². The molecule has 2 heterocycles. The van der Waals surface area contributed by atoms with Crippen LogP contribution in [-0.4, -0.2) is 18.9 Å². The van der Waals surface area contributed by atoms with E-state index >= 15 is 0 Å².